The molecule has 0 radical (unpaired) electrons. The number of carbonyl (C=O) groups excluding carboxylic acids is 3. The van der Waals surface area contributed by atoms with Crippen LogP contribution in [0.15, 0.2) is 0 Å². The second-order valence-corrected chi connectivity index (χ2v) is 23.5. The summed E-state index contributed by atoms with van der Waals surface area (Å²) in [5.41, 5.74) is 0. The van der Waals surface area contributed by atoms with Crippen LogP contribution in [0.5, 0.6) is 0 Å². The first kappa shape index (κ1) is 70.4. The predicted molar refractivity (Wildman–Crippen MR) is 312 cm³/mol. The molecule has 0 aromatic carbocycles. The number of hydrogen-bond acceptors (Lipinski definition) is 6. The zero-order chi connectivity index (χ0) is 52.5. The number of rotatable bonds is 60. The quantitative estimate of drug-likeness (QED) is 0.0343. The number of esters is 3. The molecular weight excluding hydrogens is 889 g/mol. The van der Waals surface area contributed by atoms with Gasteiger partial charge in [-0.2, -0.15) is 0 Å². The fourth-order valence-electron chi connectivity index (χ4n) is 10.3. The molecule has 0 fully saturated rings. The SMILES string of the molecule is CCCCCCCCCCCCCCCCCCCC(=O)O[C@@H](COC(=O)CCCCCCCCCCCCCCCCCCCCC(C)CC)COC(=O)CCCCCCCCCCCCCCC(C)C. The molecule has 0 N–H and O–H groups in total. The van der Waals surface area contributed by atoms with E-state index in [1.54, 1.807) is 0 Å². The molecule has 428 valence electrons. The average molecular weight is 1020 g/mol. The molecule has 0 aliphatic rings. The van der Waals surface area contributed by atoms with Gasteiger partial charge in [0.1, 0.15) is 13.2 Å². The summed E-state index contributed by atoms with van der Waals surface area (Å²) in [4.78, 5) is 38.3. The standard InChI is InChI=1S/C66H128O6/c1-6-8-9-10-11-12-13-14-15-18-23-26-33-38-43-48-53-58-66(69)72-63(60-71-65(68)57-52-47-42-37-32-28-27-29-34-39-44-49-54-61(3)4)59-70-64(67)56-51-46-41-36-31-25-22-20-17-16-19-21-24-30-35-40-45-50-55-62(5)7-2/h61-63H,6-60H2,1-5H3/t62?,63-/m0/s1. The first-order valence-corrected chi connectivity index (χ1v) is 32.8. The second-order valence-electron chi connectivity index (χ2n) is 23.5. The van der Waals surface area contributed by atoms with Crippen molar-refractivity contribution in [2.24, 2.45) is 11.8 Å². The third-order valence-electron chi connectivity index (χ3n) is 15.6. The lowest BCUT2D eigenvalue weighted by Crippen LogP contribution is -2.30. The van der Waals surface area contributed by atoms with E-state index in [0.717, 1.165) is 69.6 Å². The van der Waals surface area contributed by atoms with E-state index in [9.17, 15) is 14.4 Å². The molecule has 0 aromatic heterocycles. The Hall–Kier alpha value is -1.59. The Morgan fingerprint density at radius 1 is 0.292 bits per heavy atom. The van der Waals surface area contributed by atoms with Gasteiger partial charge in [-0.25, -0.2) is 0 Å². The topological polar surface area (TPSA) is 78.9 Å². The third kappa shape index (κ3) is 57.7. The van der Waals surface area contributed by atoms with Crippen molar-refractivity contribution in [1.82, 2.24) is 0 Å². The monoisotopic (exact) mass is 1020 g/mol. The lowest BCUT2D eigenvalue weighted by Gasteiger charge is -2.18. The van der Waals surface area contributed by atoms with Crippen molar-refractivity contribution in [2.45, 2.75) is 381 Å². The van der Waals surface area contributed by atoms with Crippen molar-refractivity contribution < 1.29 is 28.6 Å². The van der Waals surface area contributed by atoms with Crippen molar-refractivity contribution in [3.63, 3.8) is 0 Å². The molecule has 6 nitrogen and oxygen atoms in total. The first-order valence-electron chi connectivity index (χ1n) is 32.8. The maximum absolute atomic E-state index is 12.9. The van der Waals surface area contributed by atoms with E-state index in [1.807, 2.05) is 0 Å². The summed E-state index contributed by atoms with van der Waals surface area (Å²) in [5, 5.41) is 0. The number of ether oxygens (including phenoxy) is 3. The van der Waals surface area contributed by atoms with Gasteiger partial charge in [0, 0.05) is 19.3 Å². The number of hydrogen-bond donors (Lipinski definition) is 0. The molecule has 0 aliphatic carbocycles. The molecule has 0 saturated carbocycles. The summed E-state index contributed by atoms with van der Waals surface area (Å²) in [7, 11) is 0. The molecule has 0 aromatic rings. The van der Waals surface area contributed by atoms with Gasteiger partial charge in [-0.3, -0.25) is 14.4 Å². The first-order chi connectivity index (χ1) is 35.3. The van der Waals surface area contributed by atoms with Crippen LogP contribution >= 0.6 is 0 Å². The summed E-state index contributed by atoms with van der Waals surface area (Å²) >= 11 is 0. The molecule has 0 aliphatic heterocycles. The molecule has 0 saturated heterocycles. The normalized spacial score (nSPS) is 12.4. The number of carbonyl (C=O) groups is 3. The zero-order valence-electron chi connectivity index (χ0n) is 49.6. The molecule has 0 rings (SSSR count). The Balaban J connectivity index is 4.26. The van der Waals surface area contributed by atoms with Crippen LogP contribution in [-0.4, -0.2) is 37.2 Å². The lowest BCUT2D eigenvalue weighted by atomic mass is 9.99. The average Bonchev–Trinajstić information content (AvgIpc) is 3.37. The summed E-state index contributed by atoms with van der Waals surface area (Å²) in [6.45, 7) is 11.5. The Kier molecular flexibility index (Phi) is 57.4. The van der Waals surface area contributed by atoms with Gasteiger partial charge in [-0.15, -0.1) is 0 Å². The van der Waals surface area contributed by atoms with Crippen LogP contribution in [0.3, 0.4) is 0 Å². The second kappa shape index (κ2) is 58.7. The predicted octanol–water partition coefficient (Wildman–Crippen LogP) is 22.0. The summed E-state index contributed by atoms with van der Waals surface area (Å²) in [6.07, 6.45) is 65.3. The van der Waals surface area contributed by atoms with Gasteiger partial charge < -0.3 is 14.2 Å². The summed E-state index contributed by atoms with van der Waals surface area (Å²) in [6, 6.07) is 0. The van der Waals surface area contributed by atoms with Crippen LogP contribution in [0.2, 0.25) is 0 Å². The zero-order valence-corrected chi connectivity index (χ0v) is 49.6. The Morgan fingerprint density at radius 2 is 0.528 bits per heavy atom. The van der Waals surface area contributed by atoms with Gasteiger partial charge in [0.15, 0.2) is 6.10 Å². The minimum Gasteiger partial charge on any atom is -0.462 e. The fourth-order valence-corrected chi connectivity index (χ4v) is 10.3. The minimum absolute atomic E-state index is 0.0617. The van der Waals surface area contributed by atoms with E-state index in [-0.39, 0.29) is 31.1 Å². The lowest BCUT2D eigenvalue weighted by molar-refractivity contribution is -0.167. The molecule has 72 heavy (non-hydrogen) atoms. The molecule has 1 unspecified atom stereocenters. The highest BCUT2D eigenvalue weighted by Crippen LogP contribution is 2.19. The Bertz CT molecular complexity index is 1110. The van der Waals surface area contributed by atoms with Gasteiger partial charge >= 0.3 is 17.9 Å². The largest absolute Gasteiger partial charge is 0.462 e. The molecule has 0 spiro atoms. The molecule has 0 amide bonds. The van der Waals surface area contributed by atoms with Crippen molar-refractivity contribution in [3.8, 4) is 0 Å². The van der Waals surface area contributed by atoms with Crippen LogP contribution < -0.4 is 0 Å². The molecule has 6 heteroatoms. The smallest absolute Gasteiger partial charge is 0.306 e. The third-order valence-corrected chi connectivity index (χ3v) is 15.6. The molecule has 2 atom stereocenters. The van der Waals surface area contributed by atoms with E-state index in [1.165, 1.54) is 263 Å². The molecule has 0 heterocycles. The van der Waals surface area contributed by atoms with Gasteiger partial charge in [0.25, 0.3) is 0 Å². The van der Waals surface area contributed by atoms with Crippen molar-refractivity contribution >= 4 is 17.9 Å². The van der Waals surface area contributed by atoms with Crippen LogP contribution in [0.4, 0.5) is 0 Å². The summed E-state index contributed by atoms with van der Waals surface area (Å²) < 4.78 is 17.0. The van der Waals surface area contributed by atoms with Gasteiger partial charge in [-0.1, -0.05) is 336 Å². The van der Waals surface area contributed by atoms with Crippen molar-refractivity contribution in [3.05, 3.63) is 0 Å². The summed E-state index contributed by atoms with van der Waals surface area (Å²) in [5.74, 6) is 0.914. The fraction of sp³-hybridized carbons (Fsp3) is 0.955. The maximum Gasteiger partial charge on any atom is 0.306 e. The Labute approximate surface area is 450 Å². The van der Waals surface area contributed by atoms with Gasteiger partial charge in [0.2, 0.25) is 0 Å². The van der Waals surface area contributed by atoms with Crippen LogP contribution in [0, 0.1) is 11.8 Å². The van der Waals surface area contributed by atoms with E-state index in [4.69, 9.17) is 14.2 Å². The van der Waals surface area contributed by atoms with Crippen molar-refractivity contribution in [2.75, 3.05) is 13.2 Å². The van der Waals surface area contributed by atoms with E-state index >= 15 is 0 Å². The van der Waals surface area contributed by atoms with E-state index in [0.29, 0.717) is 19.3 Å². The highest BCUT2D eigenvalue weighted by atomic mass is 16.6. The van der Waals surface area contributed by atoms with Crippen molar-refractivity contribution in [1.29, 1.82) is 0 Å². The van der Waals surface area contributed by atoms with Crippen LogP contribution in [-0.2, 0) is 28.6 Å². The van der Waals surface area contributed by atoms with Gasteiger partial charge in [-0.05, 0) is 31.1 Å². The minimum atomic E-state index is -0.764. The molecule has 0 bridgehead atoms. The van der Waals surface area contributed by atoms with Gasteiger partial charge in [0.05, 0.1) is 0 Å². The highest BCUT2D eigenvalue weighted by molar-refractivity contribution is 5.71. The van der Waals surface area contributed by atoms with Crippen LogP contribution in [0.1, 0.15) is 375 Å². The number of unbranched alkanes of at least 4 members (excludes halogenated alkanes) is 44. The van der Waals surface area contributed by atoms with Crippen LogP contribution in [0.25, 0.3) is 0 Å². The molecular formula is C66H128O6. The van der Waals surface area contributed by atoms with E-state index in [2.05, 4.69) is 34.6 Å². The highest BCUT2D eigenvalue weighted by Gasteiger charge is 2.19. The maximum atomic E-state index is 12.9. The Morgan fingerprint density at radius 3 is 0.792 bits per heavy atom. The van der Waals surface area contributed by atoms with E-state index < -0.39 is 6.10 Å².